The van der Waals surface area contributed by atoms with Gasteiger partial charge in [-0.1, -0.05) is 60.1 Å². The van der Waals surface area contributed by atoms with E-state index in [1.54, 1.807) is 4.90 Å². The molecule has 3 aromatic rings. The van der Waals surface area contributed by atoms with Gasteiger partial charge in [-0.15, -0.1) is 0 Å². The van der Waals surface area contributed by atoms with Gasteiger partial charge in [-0.3, -0.25) is 9.69 Å². The summed E-state index contributed by atoms with van der Waals surface area (Å²) in [7, 11) is 1.86. The van der Waals surface area contributed by atoms with Gasteiger partial charge < -0.3 is 9.80 Å². The minimum Gasteiger partial charge on any atom is -0.369 e. The highest BCUT2D eigenvalue weighted by molar-refractivity contribution is 6.30. The van der Waals surface area contributed by atoms with Crippen LogP contribution >= 0.6 is 11.6 Å². The number of nitrogens with zero attached hydrogens (tertiary/aromatic N) is 3. The third-order valence-corrected chi connectivity index (χ3v) is 5.97. The zero-order chi connectivity index (χ0) is 21.6. The van der Waals surface area contributed by atoms with E-state index in [0.717, 1.165) is 48.9 Å². The van der Waals surface area contributed by atoms with Gasteiger partial charge in [0.2, 0.25) is 0 Å². The van der Waals surface area contributed by atoms with Crippen LogP contribution in [0.5, 0.6) is 0 Å². The lowest BCUT2D eigenvalue weighted by atomic mass is 10.1. The van der Waals surface area contributed by atoms with Crippen molar-refractivity contribution in [3.63, 3.8) is 0 Å². The summed E-state index contributed by atoms with van der Waals surface area (Å²) >= 11 is 6.14. The number of hydrogen-bond donors (Lipinski definition) is 0. The zero-order valence-electron chi connectivity index (χ0n) is 17.9. The van der Waals surface area contributed by atoms with E-state index in [1.165, 1.54) is 11.3 Å². The number of hydrogen-bond acceptors (Lipinski definition) is 3. The van der Waals surface area contributed by atoms with Crippen molar-refractivity contribution in [2.24, 2.45) is 0 Å². The lowest BCUT2D eigenvalue weighted by molar-refractivity contribution is 0.0785. The normalized spacial score (nSPS) is 14.5. The van der Waals surface area contributed by atoms with E-state index in [9.17, 15) is 4.79 Å². The van der Waals surface area contributed by atoms with E-state index in [1.807, 2.05) is 73.8 Å². The predicted molar refractivity (Wildman–Crippen MR) is 128 cm³/mol. The van der Waals surface area contributed by atoms with Crippen molar-refractivity contribution in [3.8, 4) is 0 Å². The van der Waals surface area contributed by atoms with Crippen LogP contribution in [0, 0.1) is 0 Å². The maximum Gasteiger partial charge on any atom is 0.253 e. The average Bonchev–Trinajstić information content (AvgIpc) is 2.80. The molecular weight excluding hydrogens is 406 g/mol. The van der Waals surface area contributed by atoms with E-state index in [4.69, 9.17) is 11.6 Å². The molecule has 1 amide bonds. The predicted octanol–water partition coefficient (Wildman–Crippen LogP) is 4.93. The van der Waals surface area contributed by atoms with Gasteiger partial charge in [0.05, 0.1) is 0 Å². The maximum absolute atomic E-state index is 12.9. The standard InChI is InChI=1S/C26H28ClN3O/c1-28(19-21-7-3-2-4-8-21)26(31)23-10-5-9-22(17-23)20-29-13-15-30(16-14-29)25-12-6-11-24(27)18-25/h2-12,17-18H,13-16,19-20H2,1H3. The van der Waals surface area contributed by atoms with Crippen molar-refractivity contribution in [1.82, 2.24) is 9.80 Å². The molecule has 0 unspecified atom stereocenters. The Kier molecular flexibility index (Phi) is 6.90. The first-order valence-corrected chi connectivity index (χ1v) is 11.1. The van der Waals surface area contributed by atoms with Crippen LogP contribution < -0.4 is 4.90 Å². The number of halogens is 1. The summed E-state index contributed by atoms with van der Waals surface area (Å²) in [6.07, 6.45) is 0. The zero-order valence-corrected chi connectivity index (χ0v) is 18.6. The fourth-order valence-corrected chi connectivity index (χ4v) is 4.23. The molecule has 4 nitrogen and oxygen atoms in total. The molecule has 31 heavy (non-hydrogen) atoms. The highest BCUT2D eigenvalue weighted by atomic mass is 35.5. The van der Waals surface area contributed by atoms with Crippen molar-refractivity contribution < 1.29 is 4.79 Å². The van der Waals surface area contributed by atoms with E-state index < -0.39 is 0 Å². The van der Waals surface area contributed by atoms with Gasteiger partial charge in [0.15, 0.2) is 0 Å². The first-order chi connectivity index (χ1) is 15.1. The minimum atomic E-state index is 0.0523. The molecule has 0 aromatic heterocycles. The van der Waals surface area contributed by atoms with Crippen LogP contribution in [-0.4, -0.2) is 48.9 Å². The van der Waals surface area contributed by atoms with Crippen LogP contribution in [0.3, 0.4) is 0 Å². The van der Waals surface area contributed by atoms with Crippen LogP contribution in [0.4, 0.5) is 5.69 Å². The summed E-state index contributed by atoms with van der Waals surface area (Å²) in [6, 6.07) is 26.2. The fraction of sp³-hybridized carbons (Fsp3) is 0.269. The quantitative estimate of drug-likeness (QED) is 0.551. The fourth-order valence-electron chi connectivity index (χ4n) is 4.05. The summed E-state index contributed by atoms with van der Waals surface area (Å²) in [5.41, 5.74) is 4.23. The largest absolute Gasteiger partial charge is 0.369 e. The molecule has 0 atom stereocenters. The molecule has 1 aliphatic heterocycles. The van der Waals surface area contributed by atoms with Crippen molar-refractivity contribution in [1.29, 1.82) is 0 Å². The molecule has 4 rings (SSSR count). The molecule has 3 aromatic carbocycles. The van der Waals surface area contributed by atoms with Crippen LogP contribution in [0.1, 0.15) is 21.5 Å². The third kappa shape index (κ3) is 5.66. The molecule has 0 saturated carbocycles. The Morgan fingerprint density at radius 3 is 2.32 bits per heavy atom. The van der Waals surface area contributed by atoms with Crippen molar-refractivity contribution in [2.45, 2.75) is 13.1 Å². The molecule has 1 aliphatic rings. The lowest BCUT2D eigenvalue weighted by Gasteiger charge is -2.36. The number of rotatable bonds is 6. The Morgan fingerprint density at radius 2 is 1.58 bits per heavy atom. The van der Waals surface area contributed by atoms with Crippen molar-refractivity contribution >= 4 is 23.2 Å². The van der Waals surface area contributed by atoms with E-state index in [-0.39, 0.29) is 5.91 Å². The van der Waals surface area contributed by atoms with Gasteiger partial charge in [-0.05, 0) is 41.5 Å². The molecule has 1 saturated heterocycles. The highest BCUT2D eigenvalue weighted by Gasteiger charge is 2.18. The lowest BCUT2D eigenvalue weighted by Crippen LogP contribution is -2.46. The summed E-state index contributed by atoms with van der Waals surface area (Å²) in [4.78, 5) is 19.5. The topological polar surface area (TPSA) is 26.8 Å². The first kappa shape index (κ1) is 21.4. The number of carbonyl (C=O) groups excluding carboxylic acids is 1. The molecule has 0 radical (unpaired) electrons. The Balaban J connectivity index is 1.34. The smallest absolute Gasteiger partial charge is 0.253 e. The van der Waals surface area contributed by atoms with E-state index in [2.05, 4.69) is 21.9 Å². The Hall–Kier alpha value is -2.82. The SMILES string of the molecule is CN(Cc1ccccc1)C(=O)c1cccc(CN2CCN(c3cccc(Cl)c3)CC2)c1. The molecule has 160 valence electrons. The van der Waals surface area contributed by atoms with Gasteiger partial charge in [-0.25, -0.2) is 0 Å². The third-order valence-electron chi connectivity index (χ3n) is 5.74. The summed E-state index contributed by atoms with van der Waals surface area (Å²) in [6.45, 7) is 5.37. The van der Waals surface area contributed by atoms with Gasteiger partial charge in [0.25, 0.3) is 5.91 Å². The van der Waals surface area contributed by atoms with Gasteiger partial charge >= 0.3 is 0 Å². The highest BCUT2D eigenvalue weighted by Crippen LogP contribution is 2.21. The monoisotopic (exact) mass is 433 g/mol. The van der Waals surface area contributed by atoms with Crippen LogP contribution in [0.25, 0.3) is 0 Å². The number of amides is 1. The van der Waals surface area contributed by atoms with Crippen molar-refractivity contribution in [2.75, 3.05) is 38.1 Å². The van der Waals surface area contributed by atoms with Gasteiger partial charge in [0, 0.05) is 62.6 Å². The minimum absolute atomic E-state index is 0.0523. The second kappa shape index (κ2) is 9.99. The molecule has 0 spiro atoms. The number of carbonyl (C=O) groups is 1. The molecule has 5 heteroatoms. The first-order valence-electron chi connectivity index (χ1n) is 10.7. The summed E-state index contributed by atoms with van der Waals surface area (Å²) in [5.74, 6) is 0.0523. The number of anilines is 1. The summed E-state index contributed by atoms with van der Waals surface area (Å²) < 4.78 is 0. The Bertz CT molecular complexity index is 1020. The van der Waals surface area contributed by atoms with Gasteiger partial charge in [-0.2, -0.15) is 0 Å². The molecule has 0 aliphatic carbocycles. The van der Waals surface area contributed by atoms with E-state index >= 15 is 0 Å². The number of benzene rings is 3. The van der Waals surface area contributed by atoms with Crippen LogP contribution in [0.2, 0.25) is 5.02 Å². The second-order valence-corrected chi connectivity index (χ2v) is 8.53. The van der Waals surface area contributed by atoms with Gasteiger partial charge in [0.1, 0.15) is 0 Å². The number of piperazine rings is 1. The van der Waals surface area contributed by atoms with Crippen LogP contribution in [0.15, 0.2) is 78.9 Å². The second-order valence-electron chi connectivity index (χ2n) is 8.09. The molecule has 0 N–H and O–H groups in total. The van der Waals surface area contributed by atoms with E-state index in [0.29, 0.717) is 6.54 Å². The summed E-state index contributed by atoms with van der Waals surface area (Å²) in [5, 5.41) is 0.777. The Labute approximate surface area is 189 Å². The molecule has 1 heterocycles. The molecule has 0 bridgehead atoms. The Morgan fingerprint density at radius 1 is 0.871 bits per heavy atom. The van der Waals surface area contributed by atoms with Crippen molar-refractivity contribution in [3.05, 3.63) is 101 Å². The van der Waals surface area contributed by atoms with Crippen LogP contribution in [-0.2, 0) is 13.1 Å². The molecular formula is C26H28ClN3O. The maximum atomic E-state index is 12.9. The molecule has 1 fully saturated rings. The average molecular weight is 434 g/mol.